The average molecular weight is 928 g/mol. The number of phosphoric acid groups is 3. The average Bonchev–Trinajstić information content (AvgIpc) is 3.67. The van der Waals surface area contributed by atoms with Crippen LogP contribution in [0.25, 0.3) is 11.2 Å². The number of ether oxygens (including phenoxy) is 1. The zero-order valence-electron chi connectivity index (χ0n) is 31.2. The first kappa shape index (κ1) is 51.6. The first-order chi connectivity index (χ1) is 27.1. The molecular formula is C27H44N7O21P3S. The van der Waals surface area contributed by atoms with Crippen molar-refractivity contribution in [3.05, 3.63) is 12.7 Å². The second-order valence-corrected chi connectivity index (χ2v) is 18.2. The van der Waals surface area contributed by atoms with Gasteiger partial charge in [-0.3, -0.25) is 42.1 Å². The van der Waals surface area contributed by atoms with E-state index in [2.05, 4.69) is 34.4 Å². The number of nitrogens with zero attached hydrogens (tertiary/aromatic N) is 4. The lowest BCUT2D eigenvalue weighted by atomic mass is 9.87. The third-order valence-corrected chi connectivity index (χ3v) is 11.3. The molecule has 1 saturated heterocycles. The lowest BCUT2D eigenvalue weighted by molar-refractivity contribution is -0.143. The molecule has 1 aliphatic heterocycles. The van der Waals surface area contributed by atoms with Crippen LogP contribution in [0, 0.1) is 5.41 Å². The number of carboxylic acids is 2. The van der Waals surface area contributed by atoms with E-state index in [0.717, 1.165) is 29.0 Å². The van der Waals surface area contributed by atoms with Gasteiger partial charge in [-0.25, -0.2) is 28.6 Å². The third-order valence-electron chi connectivity index (χ3n) is 7.36. The first-order valence-electron chi connectivity index (χ1n) is 16.6. The lowest BCUT2D eigenvalue weighted by Gasteiger charge is -2.30. The Balaban J connectivity index is 0.00000135. The molecule has 0 bridgehead atoms. The van der Waals surface area contributed by atoms with Gasteiger partial charge < -0.3 is 61.1 Å². The number of aliphatic hydroxyl groups is 2. The third kappa shape index (κ3) is 17.9. The number of thioether (sulfide) groups is 1. The van der Waals surface area contributed by atoms with Crippen molar-refractivity contribution in [1.29, 1.82) is 0 Å². The van der Waals surface area contributed by atoms with Crippen molar-refractivity contribution in [1.82, 2.24) is 30.2 Å². The molecule has 3 rings (SSSR count). The van der Waals surface area contributed by atoms with E-state index in [9.17, 15) is 67.5 Å². The molecule has 12 N–H and O–H groups in total. The SMILES string of the molecule is CC(=O)SCCNC(=O)CCNC(=O)[C@H](O)C(C)(C)COP(=O)(O)OP(=O)(O)OC[C@H]1O[C@@H](n2cnc3c(N)ncnc32)[C@H](O)[C@@H]1OP(=O)(O)O.O=C(O)CCC(=O)O. The van der Waals surface area contributed by atoms with Crippen molar-refractivity contribution >= 4 is 81.1 Å². The van der Waals surface area contributed by atoms with E-state index in [1.54, 1.807) is 0 Å². The van der Waals surface area contributed by atoms with E-state index >= 15 is 0 Å². The van der Waals surface area contributed by atoms with Gasteiger partial charge in [0, 0.05) is 37.6 Å². The molecule has 2 unspecified atom stereocenters. The Kier molecular flexibility index (Phi) is 19.6. The summed E-state index contributed by atoms with van der Waals surface area (Å²) in [4.78, 5) is 105. The monoisotopic (exact) mass is 927 g/mol. The van der Waals surface area contributed by atoms with Crippen molar-refractivity contribution in [2.24, 2.45) is 5.41 Å². The molecule has 2 aromatic heterocycles. The minimum atomic E-state index is -5.56. The summed E-state index contributed by atoms with van der Waals surface area (Å²) < 4.78 is 61.8. The fourth-order valence-corrected chi connectivity index (χ4v) is 7.86. The second-order valence-electron chi connectivity index (χ2n) is 12.7. The summed E-state index contributed by atoms with van der Waals surface area (Å²) in [5, 5.41) is 41.9. The number of rotatable bonds is 22. The quantitative estimate of drug-likeness (QED) is 0.0479. The molecule has 2 amide bonds. The fourth-order valence-electron chi connectivity index (χ4n) is 4.54. The fraction of sp³-hybridized carbons (Fsp3) is 0.630. The number of carboxylic acid groups (broad SMARTS) is 2. The summed E-state index contributed by atoms with van der Waals surface area (Å²) in [6.45, 7) is 1.90. The van der Waals surface area contributed by atoms with Crippen LogP contribution in [0.3, 0.4) is 0 Å². The minimum Gasteiger partial charge on any atom is -0.481 e. The van der Waals surface area contributed by atoms with Gasteiger partial charge in [-0.2, -0.15) is 4.31 Å². The molecule has 0 aromatic carbocycles. The number of aromatic nitrogens is 4. The van der Waals surface area contributed by atoms with Crippen molar-refractivity contribution in [2.45, 2.75) is 70.7 Å². The number of hydrogen-bond donors (Lipinski definition) is 11. The highest BCUT2D eigenvalue weighted by atomic mass is 32.2. The zero-order valence-corrected chi connectivity index (χ0v) is 34.7. The number of nitrogen functional groups attached to an aromatic ring is 1. The van der Waals surface area contributed by atoms with Crippen LogP contribution in [0.1, 0.15) is 46.3 Å². The number of phosphoric ester groups is 3. The number of hydrogen-bond acceptors (Lipinski definition) is 20. The van der Waals surface area contributed by atoms with Crippen molar-refractivity contribution in [3.8, 4) is 0 Å². The molecule has 1 fully saturated rings. The minimum absolute atomic E-state index is 0.0310. The zero-order chi connectivity index (χ0) is 44.9. The maximum atomic E-state index is 12.6. The molecule has 0 radical (unpaired) electrons. The number of aliphatic carboxylic acids is 2. The maximum Gasteiger partial charge on any atom is 0.481 e. The predicted molar refractivity (Wildman–Crippen MR) is 197 cm³/mol. The first-order valence-corrected chi connectivity index (χ1v) is 22.1. The van der Waals surface area contributed by atoms with E-state index < -0.39 is 96.5 Å². The smallest absolute Gasteiger partial charge is 0.481 e. The van der Waals surface area contributed by atoms with Gasteiger partial charge in [0.2, 0.25) is 11.8 Å². The Morgan fingerprint density at radius 2 is 1.58 bits per heavy atom. The van der Waals surface area contributed by atoms with Crippen LogP contribution in [-0.2, 0) is 60.3 Å². The Hall–Kier alpha value is -3.50. The van der Waals surface area contributed by atoms with Crippen LogP contribution in [0.4, 0.5) is 5.82 Å². The Morgan fingerprint density at radius 3 is 2.15 bits per heavy atom. The van der Waals surface area contributed by atoms with Gasteiger partial charge in [-0.1, -0.05) is 25.6 Å². The largest absolute Gasteiger partial charge is 0.481 e. The molecule has 0 aliphatic carbocycles. The van der Waals surface area contributed by atoms with Crippen LogP contribution < -0.4 is 16.4 Å². The highest BCUT2D eigenvalue weighted by Gasteiger charge is 2.50. The highest BCUT2D eigenvalue weighted by molar-refractivity contribution is 8.13. The van der Waals surface area contributed by atoms with Gasteiger partial charge in [0.15, 0.2) is 22.8 Å². The van der Waals surface area contributed by atoms with Gasteiger partial charge >= 0.3 is 35.4 Å². The topological polar surface area (TPSA) is 438 Å². The number of aliphatic hydroxyl groups excluding tert-OH is 2. The second kappa shape index (κ2) is 22.4. The van der Waals surface area contributed by atoms with E-state index in [1.165, 1.54) is 20.8 Å². The van der Waals surface area contributed by atoms with E-state index in [-0.39, 0.29) is 54.4 Å². The van der Waals surface area contributed by atoms with Gasteiger partial charge in [-0.15, -0.1) is 0 Å². The molecule has 1 aliphatic rings. The number of carbonyl (C=O) groups is 5. The molecule has 2 aromatic rings. The molecule has 32 heteroatoms. The number of nitrogens with one attached hydrogen (secondary N) is 2. The summed E-state index contributed by atoms with van der Waals surface area (Å²) >= 11 is 1.03. The standard InChI is InChI=1S/C23H38N7O17P3S.C4H6O4/c1-12(31)51-7-6-25-14(32)4-5-26-21(35)18(34)23(2,3)9-44-50(41,42)47-49(39,40)43-8-13-17(46-48(36,37)38)16(33)22(45-13)30-11-29-15-19(24)27-10-28-20(15)30;5-3(6)1-2-4(7)8/h10-11,13,16-18,22,33-34H,4-9H2,1-3H3,(H,25,32)(H,26,35)(H,39,40)(H,41,42)(H2,24,27,28)(H2,36,37,38);1-2H2,(H,5,6)(H,7,8)/t13-,16-,17-,18+,22-;/m1./s1. The number of carbonyl (C=O) groups excluding carboxylic acids is 3. The number of anilines is 1. The van der Waals surface area contributed by atoms with Gasteiger partial charge in [-0.05, 0) is 0 Å². The molecular weight excluding hydrogens is 883 g/mol. The van der Waals surface area contributed by atoms with Crippen LogP contribution >= 0.6 is 35.2 Å². The summed E-state index contributed by atoms with van der Waals surface area (Å²) in [5.74, 6) is -3.24. The molecule has 334 valence electrons. The van der Waals surface area contributed by atoms with E-state index in [0.29, 0.717) is 5.75 Å². The maximum absolute atomic E-state index is 12.6. The molecule has 3 heterocycles. The Labute approximate surface area is 337 Å². The molecule has 7 atom stereocenters. The Morgan fingerprint density at radius 1 is 0.966 bits per heavy atom. The molecule has 0 saturated carbocycles. The van der Waals surface area contributed by atoms with Crippen LogP contribution in [-0.4, -0.2) is 145 Å². The number of nitrogens with two attached hydrogens (primary N) is 1. The summed E-state index contributed by atoms with van der Waals surface area (Å²) in [6, 6.07) is 0. The van der Waals surface area contributed by atoms with Crippen molar-refractivity contribution < 1.29 is 100 Å². The molecule has 28 nitrogen and oxygen atoms in total. The van der Waals surface area contributed by atoms with E-state index in [4.69, 9.17) is 29.7 Å². The summed E-state index contributed by atoms with van der Waals surface area (Å²) in [6.07, 6.45) is -7.47. The Bertz CT molecular complexity index is 1940. The number of amides is 2. The highest BCUT2D eigenvalue weighted by Crippen LogP contribution is 2.61. The number of imidazole rings is 1. The van der Waals surface area contributed by atoms with Crippen LogP contribution in [0.15, 0.2) is 12.7 Å². The molecule has 0 spiro atoms. The number of fused-ring (bicyclic) bond motifs is 1. The van der Waals surface area contributed by atoms with Gasteiger partial charge in [0.05, 0.1) is 32.4 Å². The van der Waals surface area contributed by atoms with E-state index in [1.807, 2.05) is 0 Å². The summed E-state index contributed by atoms with van der Waals surface area (Å²) in [5.41, 5.74) is 4.26. The van der Waals surface area contributed by atoms with Crippen molar-refractivity contribution in [2.75, 3.05) is 37.8 Å². The lowest BCUT2D eigenvalue weighted by Crippen LogP contribution is -2.46. The predicted octanol–water partition coefficient (Wildman–Crippen LogP) is -1.38. The normalized spacial score (nSPS) is 20.7. The molecule has 59 heavy (non-hydrogen) atoms. The van der Waals surface area contributed by atoms with Crippen LogP contribution in [0.5, 0.6) is 0 Å². The van der Waals surface area contributed by atoms with Gasteiger partial charge in [0.1, 0.15) is 36.3 Å². The summed E-state index contributed by atoms with van der Waals surface area (Å²) in [7, 11) is -16.4. The van der Waals surface area contributed by atoms with Crippen molar-refractivity contribution in [3.63, 3.8) is 0 Å². The van der Waals surface area contributed by atoms with Gasteiger partial charge in [0.25, 0.3) is 0 Å². The van der Waals surface area contributed by atoms with Crippen LogP contribution in [0.2, 0.25) is 0 Å².